The van der Waals surface area contributed by atoms with E-state index in [0.717, 1.165) is 28.9 Å². The zero-order chi connectivity index (χ0) is 28.3. The average Bonchev–Trinajstić information content (AvgIpc) is 3.30. The van der Waals surface area contributed by atoms with E-state index >= 15 is 0 Å². The molecule has 0 radical (unpaired) electrons. The number of nitrogens with zero attached hydrogens (tertiary/aromatic N) is 3. The summed E-state index contributed by atoms with van der Waals surface area (Å²) in [7, 11) is 0. The molecule has 1 heterocycles. The Morgan fingerprint density at radius 2 is 1.72 bits per heavy atom. The van der Waals surface area contributed by atoms with Gasteiger partial charge in [0.1, 0.15) is 5.75 Å². The minimum absolute atomic E-state index is 0.0253. The number of para-hydroxylation sites is 1. The van der Waals surface area contributed by atoms with Crippen molar-refractivity contribution in [1.29, 1.82) is 0 Å². The molecule has 0 saturated carbocycles. The van der Waals surface area contributed by atoms with E-state index in [1.807, 2.05) is 18.7 Å². The van der Waals surface area contributed by atoms with Crippen LogP contribution in [0, 0.1) is 6.92 Å². The summed E-state index contributed by atoms with van der Waals surface area (Å²) in [5, 5.41) is 4.59. The van der Waals surface area contributed by atoms with Crippen LogP contribution in [0.4, 0.5) is 13.2 Å². The molecule has 11 heteroatoms. The van der Waals surface area contributed by atoms with Gasteiger partial charge in [-0.05, 0) is 68.0 Å². The largest absolute Gasteiger partial charge is 0.442 e. The normalized spacial score (nSPS) is 11.7. The van der Waals surface area contributed by atoms with Gasteiger partial charge in [-0.15, -0.1) is 5.10 Å². The lowest BCUT2D eigenvalue weighted by atomic mass is 10.0. The summed E-state index contributed by atoms with van der Waals surface area (Å²) >= 11 is 6.72. The Bertz CT molecular complexity index is 1530. The van der Waals surface area contributed by atoms with Crippen LogP contribution in [-0.2, 0) is 12.7 Å². The SMILES string of the molecule is CCN(CC)Cc1c(Cl)c(C)cc(C(=O)Oc2ccccc2)c1-n1nc(-c2ccc(C(F)(F)F)cc2)oc1=O. The smallest absolute Gasteiger partial charge is 0.423 e. The highest BCUT2D eigenvalue weighted by molar-refractivity contribution is 6.32. The minimum Gasteiger partial charge on any atom is -0.423 e. The Morgan fingerprint density at radius 1 is 1.08 bits per heavy atom. The van der Waals surface area contributed by atoms with Crippen molar-refractivity contribution >= 4 is 17.6 Å². The molecule has 0 spiro atoms. The highest BCUT2D eigenvalue weighted by Gasteiger charge is 2.31. The lowest BCUT2D eigenvalue weighted by Gasteiger charge is -2.23. The highest BCUT2D eigenvalue weighted by Crippen LogP contribution is 2.33. The van der Waals surface area contributed by atoms with Gasteiger partial charge in [-0.2, -0.15) is 17.9 Å². The average molecular weight is 560 g/mol. The summed E-state index contributed by atoms with van der Waals surface area (Å²) in [5.74, 6) is -1.62. The summed E-state index contributed by atoms with van der Waals surface area (Å²) < 4.78 is 50.8. The van der Waals surface area contributed by atoms with Crippen LogP contribution < -0.4 is 10.5 Å². The molecule has 204 valence electrons. The van der Waals surface area contributed by atoms with Crippen molar-refractivity contribution in [3.05, 3.63) is 98.5 Å². The number of hydrogen-bond acceptors (Lipinski definition) is 6. The minimum atomic E-state index is -4.52. The maximum absolute atomic E-state index is 13.4. The van der Waals surface area contributed by atoms with Crippen LogP contribution in [0.2, 0.25) is 5.02 Å². The van der Waals surface area contributed by atoms with Crippen LogP contribution >= 0.6 is 11.6 Å². The fourth-order valence-corrected chi connectivity index (χ4v) is 4.26. The third kappa shape index (κ3) is 6.07. The maximum Gasteiger partial charge on any atom is 0.442 e. The van der Waals surface area contributed by atoms with Crippen LogP contribution in [0.1, 0.15) is 40.9 Å². The molecule has 39 heavy (non-hydrogen) atoms. The van der Waals surface area contributed by atoms with Crippen molar-refractivity contribution in [2.75, 3.05) is 13.1 Å². The second kappa shape index (κ2) is 11.5. The van der Waals surface area contributed by atoms with E-state index in [1.54, 1.807) is 37.3 Å². The number of aromatic nitrogens is 2. The number of alkyl halides is 3. The summed E-state index contributed by atoms with van der Waals surface area (Å²) in [4.78, 5) is 28.5. The topological polar surface area (TPSA) is 77.6 Å². The van der Waals surface area contributed by atoms with Crippen LogP contribution in [0.3, 0.4) is 0 Å². The Morgan fingerprint density at radius 3 is 2.31 bits per heavy atom. The Hall–Kier alpha value is -3.89. The number of hydrogen-bond donors (Lipinski definition) is 0. The summed E-state index contributed by atoms with van der Waals surface area (Å²) in [6.45, 7) is 7.26. The van der Waals surface area contributed by atoms with E-state index in [9.17, 15) is 22.8 Å². The van der Waals surface area contributed by atoms with E-state index in [4.69, 9.17) is 20.8 Å². The summed E-state index contributed by atoms with van der Waals surface area (Å²) in [6.07, 6.45) is -4.52. The van der Waals surface area contributed by atoms with Crippen molar-refractivity contribution in [1.82, 2.24) is 14.7 Å². The van der Waals surface area contributed by atoms with Gasteiger partial charge in [-0.25, -0.2) is 9.59 Å². The van der Waals surface area contributed by atoms with E-state index in [1.165, 1.54) is 6.07 Å². The van der Waals surface area contributed by atoms with Crippen LogP contribution in [-0.4, -0.2) is 33.7 Å². The van der Waals surface area contributed by atoms with Gasteiger partial charge in [0, 0.05) is 17.7 Å². The predicted molar refractivity (Wildman–Crippen MR) is 140 cm³/mol. The second-order valence-electron chi connectivity index (χ2n) is 8.71. The van der Waals surface area contributed by atoms with Crippen molar-refractivity contribution in [2.24, 2.45) is 0 Å². The second-order valence-corrected chi connectivity index (χ2v) is 9.08. The first-order valence-corrected chi connectivity index (χ1v) is 12.5. The summed E-state index contributed by atoms with van der Waals surface area (Å²) in [6, 6.07) is 14.0. The van der Waals surface area contributed by atoms with E-state index in [2.05, 4.69) is 5.10 Å². The standard InChI is InChI=1S/C28H25ClF3N3O4/c1-4-34(5-2)16-22-23(29)17(3)15-21(26(36)38-20-9-7-6-8-10-20)24(22)35-27(37)39-25(33-35)18-11-13-19(14-12-18)28(30,31)32/h6-15H,4-5,16H2,1-3H3. The first-order chi connectivity index (χ1) is 18.5. The first kappa shape index (κ1) is 28.1. The van der Waals surface area contributed by atoms with E-state index in [-0.39, 0.29) is 29.2 Å². The highest BCUT2D eigenvalue weighted by atomic mass is 35.5. The molecule has 0 unspecified atom stereocenters. The number of ether oxygens (including phenoxy) is 1. The monoisotopic (exact) mass is 559 g/mol. The van der Waals surface area contributed by atoms with Crippen molar-refractivity contribution < 1.29 is 27.1 Å². The molecule has 0 amide bonds. The number of carbonyl (C=O) groups is 1. The molecule has 4 rings (SSSR count). The van der Waals surface area contributed by atoms with Gasteiger partial charge in [-0.3, -0.25) is 4.90 Å². The molecule has 0 aliphatic carbocycles. The zero-order valence-electron chi connectivity index (χ0n) is 21.4. The van der Waals surface area contributed by atoms with Gasteiger partial charge in [0.2, 0.25) is 5.89 Å². The van der Waals surface area contributed by atoms with Crippen LogP contribution in [0.25, 0.3) is 17.1 Å². The third-order valence-corrected chi connectivity index (χ3v) is 6.71. The lowest BCUT2D eigenvalue weighted by Crippen LogP contribution is -2.27. The molecule has 7 nitrogen and oxygen atoms in total. The third-order valence-electron chi connectivity index (χ3n) is 6.18. The molecule has 0 saturated heterocycles. The number of aryl methyl sites for hydroxylation is 1. The summed E-state index contributed by atoms with van der Waals surface area (Å²) in [5.41, 5.74) is 0.432. The van der Waals surface area contributed by atoms with Crippen LogP contribution in [0.5, 0.6) is 5.75 Å². The molecule has 0 aliphatic heterocycles. The fourth-order valence-electron chi connectivity index (χ4n) is 4.05. The molecule has 0 bridgehead atoms. The number of halogens is 4. The van der Waals surface area contributed by atoms with Gasteiger partial charge in [-0.1, -0.05) is 43.6 Å². The molecular formula is C28H25ClF3N3O4. The van der Waals surface area contributed by atoms with Gasteiger partial charge < -0.3 is 9.15 Å². The zero-order valence-corrected chi connectivity index (χ0v) is 22.1. The predicted octanol–water partition coefficient (Wildman–Crippen LogP) is 6.53. The van der Waals surface area contributed by atoms with Gasteiger partial charge in [0.25, 0.3) is 0 Å². The number of rotatable bonds is 8. The molecule has 1 aromatic heterocycles. The van der Waals surface area contributed by atoms with Crippen molar-refractivity contribution in [3.8, 4) is 22.9 Å². The Balaban J connectivity index is 1.89. The first-order valence-electron chi connectivity index (χ1n) is 12.1. The molecule has 0 atom stereocenters. The van der Waals surface area contributed by atoms with Gasteiger partial charge in [0.15, 0.2) is 0 Å². The van der Waals surface area contributed by atoms with Gasteiger partial charge >= 0.3 is 17.9 Å². The van der Waals surface area contributed by atoms with Crippen LogP contribution in [0.15, 0.2) is 69.9 Å². The van der Waals surface area contributed by atoms with Gasteiger partial charge in [0.05, 0.1) is 21.8 Å². The van der Waals surface area contributed by atoms with Crippen molar-refractivity contribution in [3.63, 3.8) is 0 Å². The maximum atomic E-state index is 13.4. The van der Waals surface area contributed by atoms with Crippen molar-refractivity contribution in [2.45, 2.75) is 33.5 Å². The molecule has 0 N–H and O–H groups in total. The molecule has 0 aliphatic rings. The Kier molecular flexibility index (Phi) is 8.27. The van der Waals surface area contributed by atoms with E-state index in [0.29, 0.717) is 35.0 Å². The number of esters is 1. The molecular weight excluding hydrogens is 535 g/mol. The molecule has 3 aromatic carbocycles. The fraction of sp³-hybridized carbons (Fsp3) is 0.250. The number of carbonyl (C=O) groups excluding carboxylic acids is 1. The molecule has 0 fully saturated rings. The van der Waals surface area contributed by atoms with E-state index < -0.39 is 23.5 Å². The molecule has 4 aromatic rings. The number of benzene rings is 3. The quantitative estimate of drug-likeness (QED) is 0.180. The Labute approximate surface area is 227 Å². The lowest BCUT2D eigenvalue weighted by molar-refractivity contribution is -0.137.